The predicted octanol–water partition coefficient (Wildman–Crippen LogP) is 4.99. The molecule has 0 radical (unpaired) electrons. The molecular formula is C23H21N3O. The summed E-state index contributed by atoms with van der Waals surface area (Å²) in [6.45, 7) is 8.45. The summed E-state index contributed by atoms with van der Waals surface area (Å²) in [6.07, 6.45) is 3.50. The number of nitrogens with one attached hydrogen (secondary N) is 1. The van der Waals surface area contributed by atoms with Crippen LogP contribution in [0, 0.1) is 25.2 Å². The maximum atomic E-state index is 12.6. The molecule has 1 heterocycles. The van der Waals surface area contributed by atoms with Crippen molar-refractivity contribution in [3.05, 3.63) is 83.6 Å². The van der Waals surface area contributed by atoms with Gasteiger partial charge in [0.25, 0.3) is 5.91 Å². The Hall–Kier alpha value is -3.58. The number of allylic oxidation sites excluding steroid dienone is 1. The molecule has 1 N–H and O–H groups in total. The van der Waals surface area contributed by atoms with Crippen molar-refractivity contribution >= 4 is 28.6 Å². The van der Waals surface area contributed by atoms with Crippen LogP contribution >= 0.6 is 0 Å². The third kappa shape index (κ3) is 3.68. The number of nitrogens with zero attached hydrogens (tertiary/aromatic N) is 2. The number of amides is 1. The van der Waals surface area contributed by atoms with Crippen LogP contribution in [0.3, 0.4) is 0 Å². The first-order chi connectivity index (χ1) is 13.0. The standard InChI is InChI=1S/C23H21N3O/c1-4-13-26-17(3)21(20-7-5-6-8-22(20)26)14-18(15-24)23(27)25-19-11-9-16(2)10-12-19/h4-12,14H,1,13H2,2-3H3,(H,25,27)/b18-14+. The van der Waals surface area contributed by atoms with Crippen molar-refractivity contribution in [1.29, 1.82) is 5.26 Å². The second kappa shape index (κ2) is 7.76. The molecule has 4 nitrogen and oxygen atoms in total. The van der Waals surface area contributed by atoms with Gasteiger partial charge in [0.2, 0.25) is 0 Å². The second-order valence-electron chi connectivity index (χ2n) is 6.41. The van der Waals surface area contributed by atoms with Gasteiger partial charge in [-0.2, -0.15) is 5.26 Å². The van der Waals surface area contributed by atoms with Crippen LogP contribution in [-0.4, -0.2) is 10.5 Å². The highest BCUT2D eigenvalue weighted by atomic mass is 16.1. The predicted molar refractivity (Wildman–Crippen MR) is 110 cm³/mol. The Morgan fingerprint density at radius 3 is 2.56 bits per heavy atom. The fourth-order valence-electron chi connectivity index (χ4n) is 3.13. The molecule has 0 bridgehead atoms. The van der Waals surface area contributed by atoms with Crippen LogP contribution in [0.2, 0.25) is 0 Å². The van der Waals surface area contributed by atoms with Gasteiger partial charge in [0.15, 0.2) is 0 Å². The molecule has 0 aliphatic rings. The number of carbonyl (C=O) groups excluding carboxylic acids is 1. The third-order valence-electron chi connectivity index (χ3n) is 4.55. The lowest BCUT2D eigenvalue weighted by molar-refractivity contribution is -0.112. The molecule has 134 valence electrons. The molecule has 27 heavy (non-hydrogen) atoms. The number of benzene rings is 2. The molecule has 1 aromatic heterocycles. The molecule has 2 aromatic carbocycles. The Balaban J connectivity index is 2.02. The van der Waals surface area contributed by atoms with Gasteiger partial charge in [-0.1, -0.05) is 42.0 Å². The van der Waals surface area contributed by atoms with Gasteiger partial charge in [0.05, 0.1) is 0 Å². The highest BCUT2D eigenvalue weighted by molar-refractivity contribution is 6.11. The summed E-state index contributed by atoms with van der Waals surface area (Å²) in [4.78, 5) is 12.6. The summed E-state index contributed by atoms with van der Waals surface area (Å²) in [7, 11) is 0. The number of carbonyl (C=O) groups is 1. The summed E-state index contributed by atoms with van der Waals surface area (Å²) in [5.74, 6) is -0.415. The lowest BCUT2D eigenvalue weighted by Crippen LogP contribution is -2.13. The Morgan fingerprint density at radius 1 is 1.19 bits per heavy atom. The van der Waals surface area contributed by atoms with Gasteiger partial charge in [0.1, 0.15) is 11.6 Å². The summed E-state index contributed by atoms with van der Waals surface area (Å²) < 4.78 is 2.13. The summed E-state index contributed by atoms with van der Waals surface area (Å²) in [6, 6.07) is 17.5. The largest absolute Gasteiger partial charge is 0.340 e. The molecule has 0 fully saturated rings. The first-order valence-electron chi connectivity index (χ1n) is 8.73. The Morgan fingerprint density at radius 2 is 1.89 bits per heavy atom. The van der Waals surface area contributed by atoms with E-state index in [0.29, 0.717) is 12.2 Å². The molecule has 0 aliphatic carbocycles. The van der Waals surface area contributed by atoms with Crippen molar-refractivity contribution < 1.29 is 4.79 Å². The zero-order valence-corrected chi connectivity index (χ0v) is 15.5. The van der Waals surface area contributed by atoms with Crippen molar-refractivity contribution in [3.63, 3.8) is 0 Å². The molecule has 0 spiro atoms. The molecule has 0 unspecified atom stereocenters. The van der Waals surface area contributed by atoms with Gasteiger partial charge in [-0.3, -0.25) is 4.79 Å². The van der Waals surface area contributed by atoms with Crippen molar-refractivity contribution in [1.82, 2.24) is 4.57 Å². The first kappa shape index (κ1) is 18.2. The topological polar surface area (TPSA) is 57.8 Å². The normalized spacial score (nSPS) is 11.2. The third-order valence-corrected chi connectivity index (χ3v) is 4.55. The quantitative estimate of drug-likeness (QED) is 0.398. The average Bonchev–Trinajstić information content (AvgIpc) is 2.93. The van der Waals surface area contributed by atoms with E-state index in [-0.39, 0.29) is 5.57 Å². The van der Waals surface area contributed by atoms with Crippen LogP contribution < -0.4 is 5.32 Å². The van der Waals surface area contributed by atoms with Crippen LogP contribution in [-0.2, 0) is 11.3 Å². The number of para-hydroxylation sites is 1. The molecule has 3 aromatic rings. The van der Waals surface area contributed by atoms with E-state index < -0.39 is 5.91 Å². The number of anilines is 1. The first-order valence-corrected chi connectivity index (χ1v) is 8.73. The molecule has 0 atom stereocenters. The van der Waals surface area contributed by atoms with E-state index in [1.54, 1.807) is 6.08 Å². The van der Waals surface area contributed by atoms with Gasteiger partial charge in [-0.15, -0.1) is 6.58 Å². The van der Waals surface area contributed by atoms with Crippen molar-refractivity contribution in [2.75, 3.05) is 5.32 Å². The maximum Gasteiger partial charge on any atom is 0.266 e. The van der Waals surface area contributed by atoms with E-state index >= 15 is 0 Å². The number of nitriles is 1. The van der Waals surface area contributed by atoms with Crippen LogP contribution in [0.1, 0.15) is 16.8 Å². The van der Waals surface area contributed by atoms with E-state index in [1.165, 1.54) is 0 Å². The van der Waals surface area contributed by atoms with E-state index in [1.807, 2.05) is 74.5 Å². The smallest absolute Gasteiger partial charge is 0.266 e. The second-order valence-corrected chi connectivity index (χ2v) is 6.41. The van der Waals surface area contributed by atoms with Crippen LogP contribution in [0.25, 0.3) is 17.0 Å². The average molecular weight is 355 g/mol. The van der Waals surface area contributed by atoms with Gasteiger partial charge < -0.3 is 9.88 Å². The van der Waals surface area contributed by atoms with Crippen LogP contribution in [0.15, 0.2) is 66.8 Å². The molecular weight excluding hydrogens is 334 g/mol. The lowest BCUT2D eigenvalue weighted by atomic mass is 10.1. The molecule has 0 aliphatic heterocycles. The van der Waals surface area contributed by atoms with Gasteiger partial charge in [-0.05, 0) is 38.1 Å². The minimum absolute atomic E-state index is 0.0696. The fraction of sp³-hybridized carbons (Fsp3) is 0.130. The SMILES string of the molecule is C=CCn1c(C)c(/C=C(\C#N)C(=O)Nc2ccc(C)cc2)c2ccccc21. The molecule has 1 amide bonds. The van der Waals surface area contributed by atoms with Crippen molar-refractivity contribution in [2.45, 2.75) is 20.4 Å². The van der Waals surface area contributed by atoms with Gasteiger partial charge >= 0.3 is 0 Å². The highest BCUT2D eigenvalue weighted by Gasteiger charge is 2.15. The zero-order chi connectivity index (χ0) is 19.4. The summed E-state index contributed by atoms with van der Waals surface area (Å²) in [5, 5.41) is 13.3. The van der Waals surface area contributed by atoms with E-state index in [2.05, 4.69) is 16.5 Å². The van der Waals surface area contributed by atoms with Crippen molar-refractivity contribution in [2.24, 2.45) is 0 Å². The van der Waals surface area contributed by atoms with E-state index in [4.69, 9.17) is 0 Å². The Kier molecular flexibility index (Phi) is 5.23. The molecule has 0 saturated carbocycles. The molecule has 3 rings (SSSR count). The number of fused-ring (bicyclic) bond motifs is 1. The Bertz CT molecular complexity index is 1080. The Labute approximate surface area is 159 Å². The van der Waals surface area contributed by atoms with E-state index in [0.717, 1.165) is 27.7 Å². The number of rotatable bonds is 5. The van der Waals surface area contributed by atoms with Gasteiger partial charge in [-0.25, -0.2) is 0 Å². The minimum atomic E-state index is -0.415. The van der Waals surface area contributed by atoms with Gasteiger partial charge in [0, 0.05) is 34.4 Å². The van der Waals surface area contributed by atoms with Crippen LogP contribution in [0.5, 0.6) is 0 Å². The highest BCUT2D eigenvalue weighted by Crippen LogP contribution is 2.28. The molecule has 0 saturated heterocycles. The number of aromatic nitrogens is 1. The fourth-order valence-corrected chi connectivity index (χ4v) is 3.13. The maximum absolute atomic E-state index is 12.6. The monoisotopic (exact) mass is 355 g/mol. The summed E-state index contributed by atoms with van der Waals surface area (Å²) >= 11 is 0. The lowest BCUT2D eigenvalue weighted by Gasteiger charge is -2.05. The molecule has 4 heteroatoms. The van der Waals surface area contributed by atoms with E-state index in [9.17, 15) is 10.1 Å². The minimum Gasteiger partial charge on any atom is -0.340 e. The number of hydrogen-bond donors (Lipinski definition) is 1. The number of hydrogen-bond acceptors (Lipinski definition) is 2. The zero-order valence-electron chi connectivity index (χ0n) is 15.5. The summed E-state index contributed by atoms with van der Waals surface area (Å²) in [5.41, 5.74) is 4.76. The van der Waals surface area contributed by atoms with Crippen molar-refractivity contribution in [3.8, 4) is 6.07 Å². The number of aryl methyl sites for hydroxylation is 1. The van der Waals surface area contributed by atoms with Crippen LogP contribution in [0.4, 0.5) is 5.69 Å².